The SMILES string of the molecule is BrCC1(c2ccccc2)NC=CS1. The molecule has 0 aromatic heterocycles. The van der Waals surface area contributed by atoms with E-state index in [2.05, 4.69) is 50.9 Å². The molecule has 1 unspecified atom stereocenters. The lowest BCUT2D eigenvalue weighted by Gasteiger charge is -2.27. The van der Waals surface area contributed by atoms with Crippen molar-refractivity contribution in [2.75, 3.05) is 5.33 Å². The van der Waals surface area contributed by atoms with Gasteiger partial charge < -0.3 is 5.32 Å². The van der Waals surface area contributed by atoms with Gasteiger partial charge in [0.15, 0.2) is 0 Å². The number of benzene rings is 1. The maximum atomic E-state index is 3.55. The third-order valence-corrected chi connectivity index (χ3v) is 4.47. The van der Waals surface area contributed by atoms with Crippen molar-refractivity contribution in [3.8, 4) is 0 Å². The second-order valence-corrected chi connectivity index (χ2v) is 4.66. The van der Waals surface area contributed by atoms with Crippen LogP contribution < -0.4 is 5.32 Å². The number of rotatable bonds is 2. The van der Waals surface area contributed by atoms with Crippen molar-refractivity contribution in [1.82, 2.24) is 5.32 Å². The van der Waals surface area contributed by atoms with Crippen molar-refractivity contribution < 1.29 is 0 Å². The average molecular weight is 256 g/mol. The van der Waals surface area contributed by atoms with E-state index in [1.165, 1.54) is 5.56 Å². The van der Waals surface area contributed by atoms with E-state index in [4.69, 9.17) is 0 Å². The van der Waals surface area contributed by atoms with Gasteiger partial charge in [-0.1, -0.05) is 58.0 Å². The molecule has 2 rings (SSSR count). The molecule has 1 nitrogen and oxygen atoms in total. The van der Waals surface area contributed by atoms with Crippen LogP contribution in [0.1, 0.15) is 5.56 Å². The number of alkyl halides is 1. The number of thioether (sulfide) groups is 1. The molecule has 1 N–H and O–H groups in total. The summed E-state index contributed by atoms with van der Waals surface area (Å²) in [5, 5.41) is 6.37. The topological polar surface area (TPSA) is 12.0 Å². The number of hydrogen-bond donors (Lipinski definition) is 1. The second-order valence-electron chi connectivity index (χ2n) is 2.89. The van der Waals surface area contributed by atoms with E-state index >= 15 is 0 Å². The zero-order valence-electron chi connectivity index (χ0n) is 7.03. The summed E-state index contributed by atoms with van der Waals surface area (Å²) in [6, 6.07) is 10.5. The van der Waals surface area contributed by atoms with Gasteiger partial charge in [-0.05, 0) is 11.0 Å². The van der Waals surface area contributed by atoms with Crippen LogP contribution in [0, 0.1) is 0 Å². The molecule has 0 fully saturated rings. The Hall–Kier alpha value is -0.410. The van der Waals surface area contributed by atoms with Gasteiger partial charge in [0.2, 0.25) is 0 Å². The molecule has 0 radical (unpaired) electrons. The Morgan fingerprint density at radius 1 is 1.31 bits per heavy atom. The predicted molar refractivity (Wildman–Crippen MR) is 61.8 cm³/mol. The summed E-state index contributed by atoms with van der Waals surface area (Å²) in [5.74, 6) is 0. The minimum Gasteiger partial charge on any atom is -0.372 e. The Balaban J connectivity index is 2.32. The molecule has 1 atom stereocenters. The molecule has 1 aromatic carbocycles. The highest BCUT2D eigenvalue weighted by Gasteiger charge is 2.32. The summed E-state index contributed by atoms with van der Waals surface area (Å²) < 4.78 is 0. The standard InChI is InChI=1S/C10H10BrNS/c11-8-10(12-6-7-13-10)9-4-2-1-3-5-9/h1-7,12H,8H2. The Morgan fingerprint density at radius 2 is 2.08 bits per heavy atom. The number of nitrogens with one attached hydrogen (secondary N) is 1. The molecule has 1 aromatic rings. The molecule has 1 aliphatic rings. The van der Waals surface area contributed by atoms with Crippen LogP contribution in [-0.4, -0.2) is 5.33 Å². The van der Waals surface area contributed by atoms with Crippen LogP contribution >= 0.6 is 27.7 Å². The van der Waals surface area contributed by atoms with Crippen LogP contribution in [0.2, 0.25) is 0 Å². The van der Waals surface area contributed by atoms with E-state index in [1.807, 2.05) is 12.3 Å². The quantitative estimate of drug-likeness (QED) is 0.816. The van der Waals surface area contributed by atoms with Crippen molar-refractivity contribution in [1.29, 1.82) is 0 Å². The molecular formula is C10H10BrNS. The first-order chi connectivity index (χ1) is 6.37. The molecule has 0 aliphatic carbocycles. The van der Waals surface area contributed by atoms with Gasteiger partial charge in [0.05, 0.1) is 0 Å². The van der Waals surface area contributed by atoms with Crippen molar-refractivity contribution in [2.45, 2.75) is 4.87 Å². The molecule has 1 aliphatic heterocycles. The van der Waals surface area contributed by atoms with E-state index in [1.54, 1.807) is 11.8 Å². The molecule has 3 heteroatoms. The third-order valence-electron chi connectivity index (χ3n) is 2.08. The number of halogens is 1. The fourth-order valence-corrected chi connectivity index (χ4v) is 3.08. The van der Waals surface area contributed by atoms with Crippen LogP contribution in [0.3, 0.4) is 0 Å². The molecule has 68 valence electrons. The molecule has 13 heavy (non-hydrogen) atoms. The molecule has 0 amide bonds. The van der Waals surface area contributed by atoms with Gasteiger partial charge in [-0.15, -0.1) is 0 Å². The maximum Gasteiger partial charge on any atom is 0.123 e. The summed E-state index contributed by atoms with van der Waals surface area (Å²) in [6.45, 7) is 0. The predicted octanol–water partition coefficient (Wildman–Crippen LogP) is 3.04. The minimum atomic E-state index is 0.00125. The molecule has 1 heterocycles. The molecular weight excluding hydrogens is 246 g/mol. The van der Waals surface area contributed by atoms with E-state index in [0.29, 0.717) is 0 Å². The van der Waals surface area contributed by atoms with Gasteiger partial charge in [0.1, 0.15) is 4.87 Å². The van der Waals surface area contributed by atoms with Crippen LogP contribution in [0.4, 0.5) is 0 Å². The monoisotopic (exact) mass is 255 g/mol. The normalized spacial score (nSPS) is 25.9. The van der Waals surface area contributed by atoms with Crippen molar-refractivity contribution in [3.05, 3.63) is 47.5 Å². The van der Waals surface area contributed by atoms with E-state index in [9.17, 15) is 0 Å². The maximum absolute atomic E-state index is 3.55. The first-order valence-corrected chi connectivity index (χ1v) is 6.09. The lowest BCUT2D eigenvalue weighted by molar-refractivity contribution is 0.647. The highest BCUT2D eigenvalue weighted by Crippen LogP contribution is 2.39. The fourth-order valence-electron chi connectivity index (χ4n) is 1.36. The van der Waals surface area contributed by atoms with E-state index < -0.39 is 0 Å². The Bertz CT molecular complexity index is 302. The summed E-state index contributed by atoms with van der Waals surface area (Å²) >= 11 is 5.35. The lowest BCUT2D eigenvalue weighted by Crippen LogP contribution is -2.34. The Labute approximate surface area is 90.7 Å². The zero-order valence-corrected chi connectivity index (χ0v) is 9.44. The van der Waals surface area contributed by atoms with Crippen molar-refractivity contribution in [2.24, 2.45) is 0 Å². The smallest absolute Gasteiger partial charge is 0.123 e. The van der Waals surface area contributed by atoms with Crippen molar-refractivity contribution >= 4 is 27.7 Å². The van der Waals surface area contributed by atoms with Gasteiger partial charge in [-0.2, -0.15) is 0 Å². The van der Waals surface area contributed by atoms with Crippen LogP contribution in [-0.2, 0) is 4.87 Å². The van der Waals surface area contributed by atoms with E-state index in [0.717, 1.165) is 5.33 Å². The van der Waals surface area contributed by atoms with Gasteiger partial charge >= 0.3 is 0 Å². The highest BCUT2D eigenvalue weighted by atomic mass is 79.9. The minimum absolute atomic E-state index is 0.00125. The number of hydrogen-bond acceptors (Lipinski definition) is 2. The van der Waals surface area contributed by atoms with Gasteiger partial charge in [0, 0.05) is 11.5 Å². The second kappa shape index (κ2) is 3.76. The average Bonchev–Trinajstić information content (AvgIpc) is 2.69. The Kier molecular flexibility index (Phi) is 2.65. The molecule has 0 bridgehead atoms. The first kappa shape index (κ1) is 9.16. The van der Waals surface area contributed by atoms with Gasteiger partial charge in [-0.25, -0.2) is 0 Å². The van der Waals surface area contributed by atoms with Gasteiger partial charge in [-0.3, -0.25) is 0 Å². The van der Waals surface area contributed by atoms with Crippen LogP contribution in [0.15, 0.2) is 41.9 Å². The summed E-state index contributed by atoms with van der Waals surface area (Å²) in [6.07, 6.45) is 2.00. The zero-order chi connectivity index (χ0) is 9.15. The molecule has 0 saturated heterocycles. The summed E-state index contributed by atoms with van der Waals surface area (Å²) in [7, 11) is 0. The summed E-state index contributed by atoms with van der Waals surface area (Å²) in [5.41, 5.74) is 1.31. The molecule has 0 spiro atoms. The molecule has 0 saturated carbocycles. The highest BCUT2D eigenvalue weighted by molar-refractivity contribution is 9.09. The summed E-state index contributed by atoms with van der Waals surface area (Å²) in [4.78, 5) is 0.00125. The Morgan fingerprint density at radius 3 is 2.62 bits per heavy atom. The third kappa shape index (κ3) is 1.63. The lowest BCUT2D eigenvalue weighted by atomic mass is 10.1. The largest absolute Gasteiger partial charge is 0.372 e. The van der Waals surface area contributed by atoms with Crippen LogP contribution in [0.25, 0.3) is 0 Å². The van der Waals surface area contributed by atoms with Gasteiger partial charge in [0.25, 0.3) is 0 Å². The van der Waals surface area contributed by atoms with Crippen molar-refractivity contribution in [3.63, 3.8) is 0 Å². The van der Waals surface area contributed by atoms with E-state index in [-0.39, 0.29) is 4.87 Å². The van der Waals surface area contributed by atoms with Crippen LogP contribution in [0.5, 0.6) is 0 Å². The first-order valence-electron chi connectivity index (χ1n) is 4.09. The fraction of sp³-hybridized carbons (Fsp3) is 0.200.